The number of methoxy groups -OCH3 is 1. The van der Waals surface area contributed by atoms with Crippen molar-refractivity contribution >= 4 is 27.5 Å². The highest BCUT2D eigenvalue weighted by Crippen LogP contribution is 2.28. The largest absolute Gasteiger partial charge is 0.493 e. The first-order valence-electron chi connectivity index (χ1n) is 10.4. The highest BCUT2D eigenvalue weighted by molar-refractivity contribution is 7.88. The van der Waals surface area contributed by atoms with E-state index < -0.39 is 16.1 Å². The molecule has 1 unspecified atom stereocenters. The van der Waals surface area contributed by atoms with Crippen LogP contribution in [0.4, 0.5) is 0 Å². The fourth-order valence-electron chi connectivity index (χ4n) is 2.95. The van der Waals surface area contributed by atoms with E-state index in [-0.39, 0.29) is 11.8 Å². The van der Waals surface area contributed by atoms with Gasteiger partial charge in [0.05, 0.1) is 13.4 Å². The lowest BCUT2D eigenvalue weighted by molar-refractivity contribution is -0.123. The van der Waals surface area contributed by atoms with Crippen molar-refractivity contribution in [1.82, 2.24) is 10.0 Å². The van der Waals surface area contributed by atoms with Gasteiger partial charge in [-0.1, -0.05) is 49.6 Å². The zero-order valence-corrected chi connectivity index (χ0v) is 20.7. The Kier molecular flexibility index (Phi) is 10.0. The second kappa shape index (κ2) is 12.5. The van der Waals surface area contributed by atoms with Crippen molar-refractivity contribution < 1.29 is 22.7 Å². The number of halogens is 1. The third-order valence-electron chi connectivity index (χ3n) is 4.67. The minimum Gasteiger partial charge on any atom is -0.493 e. The number of carbonyl (C=O) groups excluding carboxylic acids is 1. The van der Waals surface area contributed by atoms with Crippen molar-refractivity contribution in [1.29, 1.82) is 0 Å². The zero-order valence-electron chi connectivity index (χ0n) is 19.1. The Labute approximate surface area is 200 Å². The predicted octanol–water partition coefficient (Wildman–Crippen LogP) is 3.16. The van der Waals surface area contributed by atoms with E-state index in [1.165, 1.54) is 0 Å². The number of ether oxygens (including phenoxy) is 2. The maximum Gasteiger partial charge on any atom is 0.238 e. The standard InChI is InChI=1S/C24H29ClN2O5S/c1-17(2)23(27-33(4,29)30)24(28)26-14-13-19-9-12-21(22(16-19)31-3)32-15-5-6-18-7-10-20(25)11-8-18/h7-12,16-17,23,27H,6,13-14H2,1-4H3,(H,26,28). The van der Waals surface area contributed by atoms with Gasteiger partial charge in [-0.3, -0.25) is 4.79 Å². The molecule has 0 fully saturated rings. The van der Waals surface area contributed by atoms with E-state index in [0.29, 0.717) is 35.9 Å². The van der Waals surface area contributed by atoms with E-state index in [9.17, 15) is 13.2 Å². The highest BCUT2D eigenvalue weighted by Gasteiger charge is 2.24. The first-order chi connectivity index (χ1) is 15.6. The lowest BCUT2D eigenvalue weighted by atomic mass is 10.0. The maximum absolute atomic E-state index is 12.4. The number of hydrogen-bond acceptors (Lipinski definition) is 5. The third kappa shape index (κ3) is 9.34. The summed E-state index contributed by atoms with van der Waals surface area (Å²) >= 11 is 5.88. The number of hydrogen-bond donors (Lipinski definition) is 2. The van der Waals surface area contributed by atoms with Crippen molar-refractivity contribution in [3.63, 3.8) is 0 Å². The predicted molar refractivity (Wildman–Crippen MR) is 130 cm³/mol. The van der Waals surface area contributed by atoms with Crippen LogP contribution in [0, 0.1) is 17.9 Å². The van der Waals surface area contributed by atoms with Crippen molar-refractivity contribution in [3.05, 3.63) is 58.6 Å². The Hall–Kier alpha value is -2.73. The molecular formula is C24H29ClN2O5S. The van der Waals surface area contributed by atoms with Gasteiger partial charge in [-0.25, -0.2) is 13.1 Å². The van der Waals surface area contributed by atoms with Crippen LogP contribution in [0.1, 0.15) is 25.0 Å². The molecule has 178 valence electrons. The van der Waals surface area contributed by atoms with E-state index in [1.807, 2.05) is 36.4 Å². The first kappa shape index (κ1) is 26.5. The summed E-state index contributed by atoms with van der Waals surface area (Å²) in [4.78, 5) is 12.4. The quantitative estimate of drug-likeness (QED) is 0.497. The summed E-state index contributed by atoms with van der Waals surface area (Å²) in [6.45, 7) is 3.91. The van der Waals surface area contributed by atoms with Crippen LogP contribution in [0.2, 0.25) is 5.02 Å². The molecule has 2 aromatic carbocycles. The Morgan fingerprint density at radius 1 is 1.09 bits per heavy atom. The topological polar surface area (TPSA) is 93.7 Å². The zero-order chi connectivity index (χ0) is 24.4. The molecule has 0 saturated carbocycles. The minimum absolute atomic E-state index is 0.183. The van der Waals surface area contributed by atoms with Crippen LogP contribution in [0.3, 0.4) is 0 Å². The van der Waals surface area contributed by atoms with Gasteiger partial charge in [0, 0.05) is 18.0 Å². The minimum atomic E-state index is -3.49. The second-order valence-corrected chi connectivity index (χ2v) is 10.0. The summed E-state index contributed by atoms with van der Waals surface area (Å²) in [6.07, 6.45) is 4.78. The van der Waals surface area contributed by atoms with E-state index in [0.717, 1.165) is 17.4 Å². The molecular weight excluding hydrogens is 464 g/mol. The molecule has 7 nitrogen and oxygen atoms in total. The molecule has 2 rings (SSSR count). The molecule has 1 amide bonds. The SMILES string of the molecule is COc1cc(CCNC(=O)C(NS(C)(=O)=O)C(C)C)ccc1OC#CCc1ccc(Cl)cc1. The molecule has 1 atom stereocenters. The van der Waals surface area contributed by atoms with Gasteiger partial charge in [-0.2, -0.15) is 0 Å². The smallest absolute Gasteiger partial charge is 0.238 e. The summed E-state index contributed by atoms with van der Waals surface area (Å²) in [5.74, 6) is 3.42. The number of benzene rings is 2. The number of carbonyl (C=O) groups is 1. The van der Waals surface area contributed by atoms with Gasteiger partial charge in [0.1, 0.15) is 12.1 Å². The van der Waals surface area contributed by atoms with Gasteiger partial charge < -0.3 is 14.8 Å². The van der Waals surface area contributed by atoms with Gasteiger partial charge in [0.2, 0.25) is 15.9 Å². The highest BCUT2D eigenvalue weighted by atomic mass is 35.5. The first-order valence-corrected chi connectivity index (χ1v) is 12.7. The molecule has 0 radical (unpaired) electrons. The molecule has 9 heteroatoms. The molecule has 0 spiro atoms. The van der Waals surface area contributed by atoms with Gasteiger partial charge in [0.25, 0.3) is 0 Å². The van der Waals surface area contributed by atoms with E-state index in [2.05, 4.69) is 22.1 Å². The lowest BCUT2D eigenvalue weighted by Gasteiger charge is -2.20. The third-order valence-corrected chi connectivity index (χ3v) is 5.60. The Morgan fingerprint density at radius 2 is 1.76 bits per heavy atom. The van der Waals surface area contributed by atoms with E-state index in [4.69, 9.17) is 21.1 Å². The molecule has 33 heavy (non-hydrogen) atoms. The molecule has 0 bridgehead atoms. The summed E-state index contributed by atoms with van der Waals surface area (Å²) in [5, 5.41) is 3.46. The van der Waals surface area contributed by atoms with Crippen molar-refractivity contribution in [2.75, 3.05) is 19.9 Å². The van der Waals surface area contributed by atoms with Gasteiger partial charge in [0.15, 0.2) is 11.5 Å². The van der Waals surface area contributed by atoms with E-state index in [1.54, 1.807) is 27.0 Å². The number of amides is 1. The summed E-state index contributed by atoms with van der Waals surface area (Å²) in [6, 6.07) is 12.1. The average Bonchev–Trinajstić information content (AvgIpc) is 2.76. The molecule has 0 saturated heterocycles. The van der Waals surface area contributed by atoms with Crippen LogP contribution in [0.15, 0.2) is 42.5 Å². The Morgan fingerprint density at radius 3 is 2.36 bits per heavy atom. The molecule has 0 heterocycles. The van der Waals surface area contributed by atoms with Crippen LogP contribution in [-0.4, -0.2) is 40.3 Å². The fraction of sp³-hybridized carbons (Fsp3) is 0.375. The normalized spacial score (nSPS) is 11.9. The van der Waals surface area contributed by atoms with Crippen LogP contribution in [-0.2, 0) is 27.7 Å². The van der Waals surface area contributed by atoms with Crippen LogP contribution >= 0.6 is 11.6 Å². The summed E-state index contributed by atoms with van der Waals surface area (Å²) in [7, 11) is -1.95. The van der Waals surface area contributed by atoms with Crippen LogP contribution in [0.5, 0.6) is 11.5 Å². The van der Waals surface area contributed by atoms with Crippen molar-refractivity contribution in [2.24, 2.45) is 5.92 Å². The maximum atomic E-state index is 12.4. The summed E-state index contributed by atoms with van der Waals surface area (Å²) in [5.41, 5.74) is 1.96. The number of nitrogens with one attached hydrogen (secondary N) is 2. The lowest BCUT2D eigenvalue weighted by Crippen LogP contribution is -2.49. The second-order valence-electron chi connectivity index (χ2n) is 7.82. The van der Waals surface area contributed by atoms with Crippen LogP contribution < -0.4 is 19.5 Å². The number of sulfonamides is 1. The molecule has 0 aromatic heterocycles. The fourth-order valence-corrected chi connectivity index (χ4v) is 3.91. The van der Waals surface area contributed by atoms with E-state index >= 15 is 0 Å². The van der Waals surface area contributed by atoms with Crippen molar-refractivity contribution in [3.8, 4) is 23.5 Å². The molecule has 0 aliphatic rings. The van der Waals surface area contributed by atoms with Gasteiger partial charge in [-0.15, -0.1) is 0 Å². The van der Waals surface area contributed by atoms with Crippen LogP contribution in [0.25, 0.3) is 0 Å². The Bertz CT molecular complexity index is 1110. The molecule has 2 N–H and O–H groups in total. The molecule has 0 aliphatic heterocycles. The molecule has 0 aliphatic carbocycles. The number of rotatable bonds is 10. The van der Waals surface area contributed by atoms with Gasteiger partial charge >= 0.3 is 0 Å². The van der Waals surface area contributed by atoms with Crippen molar-refractivity contribution in [2.45, 2.75) is 32.7 Å². The Balaban J connectivity index is 1.91. The summed E-state index contributed by atoms with van der Waals surface area (Å²) < 4.78 is 36.3. The monoisotopic (exact) mass is 492 g/mol. The average molecular weight is 493 g/mol. The molecule has 2 aromatic rings. The van der Waals surface area contributed by atoms with Gasteiger partial charge in [-0.05, 0) is 47.7 Å².